The third-order valence-corrected chi connectivity index (χ3v) is 6.88. The molecule has 188 valence electrons. The van der Waals surface area contributed by atoms with E-state index in [9.17, 15) is 21.6 Å². The highest BCUT2D eigenvalue weighted by Crippen LogP contribution is 2.38. The van der Waals surface area contributed by atoms with Crippen LogP contribution in [0.2, 0.25) is 0 Å². The van der Waals surface area contributed by atoms with Gasteiger partial charge in [-0.15, -0.1) is 12.4 Å². The predicted octanol–water partition coefficient (Wildman–Crippen LogP) is 4.49. The Kier molecular flexibility index (Phi) is 7.93. The number of halogens is 4. The summed E-state index contributed by atoms with van der Waals surface area (Å²) in [4.78, 5) is 10.4. The van der Waals surface area contributed by atoms with Crippen molar-refractivity contribution in [3.05, 3.63) is 65.7 Å². The topological polar surface area (TPSA) is 87.2 Å². The maximum absolute atomic E-state index is 13.7. The van der Waals surface area contributed by atoms with Crippen molar-refractivity contribution < 1.29 is 21.6 Å². The maximum Gasteiger partial charge on any atom is 0.418 e. The van der Waals surface area contributed by atoms with Crippen LogP contribution >= 0.6 is 12.4 Å². The molecule has 35 heavy (non-hydrogen) atoms. The van der Waals surface area contributed by atoms with Crippen LogP contribution in [0.3, 0.4) is 0 Å². The number of benzene rings is 1. The Hall–Kier alpha value is -2.89. The lowest BCUT2D eigenvalue weighted by Gasteiger charge is -2.35. The van der Waals surface area contributed by atoms with E-state index >= 15 is 0 Å². The van der Waals surface area contributed by atoms with Gasteiger partial charge in [0.2, 0.25) is 0 Å². The van der Waals surface area contributed by atoms with E-state index in [1.165, 1.54) is 12.1 Å². The Morgan fingerprint density at radius 2 is 1.80 bits per heavy atom. The van der Waals surface area contributed by atoms with Crippen LogP contribution in [-0.4, -0.2) is 44.1 Å². The molecule has 7 nitrogen and oxygen atoms in total. The lowest BCUT2D eigenvalue weighted by Crippen LogP contribution is -2.50. The fourth-order valence-electron chi connectivity index (χ4n) is 3.87. The van der Waals surface area contributed by atoms with Gasteiger partial charge in [0.25, 0.3) is 10.0 Å². The molecule has 1 aliphatic rings. The van der Waals surface area contributed by atoms with Crippen LogP contribution in [0.25, 0.3) is 11.3 Å². The zero-order valence-electron chi connectivity index (χ0n) is 19.0. The second-order valence-electron chi connectivity index (χ2n) is 8.09. The Labute approximate surface area is 208 Å². The van der Waals surface area contributed by atoms with E-state index in [4.69, 9.17) is 0 Å². The lowest BCUT2D eigenvalue weighted by atomic mass is 10.0. The highest BCUT2D eigenvalue weighted by atomic mass is 35.5. The average Bonchev–Trinajstić information content (AvgIpc) is 2.79. The minimum absolute atomic E-state index is 0. The number of aryl methyl sites for hydroxylation is 1. The fourth-order valence-corrected chi connectivity index (χ4v) is 4.84. The standard InChI is InChI=1S/C23H24F3N5O2S.ClH/c1-15-6-3-4-7-17(15)22-18(23(24,25)26)10-11-19(28-22)30-34(32,33)21-9-5-8-20(29-21)31-13-12-27-14-16(31)2;/h3-11,16,27H,12-14H2,1-2H3,(H,28,30);1H/t16-;/m0./s1. The summed E-state index contributed by atoms with van der Waals surface area (Å²) in [5, 5.41) is 3.02. The monoisotopic (exact) mass is 527 g/mol. The molecular weight excluding hydrogens is 503 g/mol. The summed E-state index contributed by atoms with van der Waals surface area (Å²) in [5.41, 5.74) is -0.441. The molecular formula is C23H25ClF3N5O2S. The number of hydrogen-bond donors (Lipinski definition) is 2. The molecule has 1 aliphatic heterocycles. The Bertz CT molecular complexity index is 1300. The molecule has 1 saturated heterocycles. The molecule has 4 rings (SSSR count). The van der Waals surface area contributed by atoms with E-state index in [0.717, 1.165) is 25.2 Å². The third-order valence-electron chi connectivity index (χ3n) is 5.62. The van der Waals surface area contributed by atoms with E-state index in [1.54, 1.807) is 37.3 Å². The van der Waals surface area contributed by atoms with Gasteiger partial charge < -0.3 is 10.2 Å². The van der Waals surface area contributed by atoms with E-state index in [1.807, 2.05) is 11.8 Å². The Morgan fingerprint density at radius 3 is 2.49 bits per heavy atom. The highest BCUT2D eigenvalue weighted by molar-refractivity contribution is 7.92. The predicted molar refractivity (Wildman–Crippen MR) is 131 cm³/mol. The van der Waals surface area contributed by atoms with Crippen LogP contribution in [0.15, 0.2) is 59.6 Å². The van der Waals surface area contributed by atoms with Crippen molar-refractivity contribution in [1.82, 2.24) is 15.3 Å². The molecule has 0 unspecified atom stereocenters. The number of anilines is 2. The van der Waals surface area contributed by atoms with Crippen molar-refractivity contribution in [2.75, 3.05) is 29.3 Å². The van der Waals surface area contributed by atoms with E-state index in [0.29, 0.717) is 17.9 Å². The van der Waals surface area contributed by atoms with Gasteiger partial charge in [-0.1, -0.05) is 30.3 Å². The first-order valence-corrected chi connectivity index (χ1v) is 12.2. The number of pyridine rings is 2. The molecule has 0 radical (unpaired) electrons. The molecule has 3 heterocycles. The third kappa shape index (κ3) is 5.85. The Morgan fingerprint density at radius 1 is 1.06 bits per heavy atom. The number of nitrogens with zero attached hydrogens (tertiary/aromatic N) is 3. The van der Waals surface area contributed by atoms with Gasteiger partial charge in [0.05, 0.1) is 11.3 Å². The summed E-state index contributed by atoms with van der Waals surface area (Å²) in [7, 11) is -4.20. The maximum atomic E-state index is 13.7. The van der Waals surface area contributed by atoms with Crippen molar-refractivity contribution in [2.45, 2.75) is 31.1 Å². The molecule has 1 aromatic carbocycles. The van der Waals surface area contributed by atoms with Gasteiger partial charge in [0.1, 0.15) is 11.6 Å². The average molecular weight is 528 g/mol. The van der Waals surface area contributed by atoms with Crippen LogP contribution in [-0.2, 0) is 16.2 Å². The van der Waals surface area contributed by atoms with Crippen LogP contribution < -0.4 is 14.9 Å². The zero-order valence-corrected chi connectivity index (χ0v) is 20.6. The Balaban J connectivity index is 0.00000342. The minimum Gasteiger partial charge on any atom is -0.351 e. The fraction of sp³-hybridized carbons (Fsp3) is 0.304. The van der Waals surface area contributed by atoms with Crippen LogP contribution in [0.1, 0.15) is 18.1 Å². The molecule has 0 saturated carbocycles. The van der Waals surface area contributed by atoms with E-state index in [2.05, 4.69) is 20.0 Å². The van der Waals surface area contributed by atoms with Gasteiger partial charge in [-0.25, -0.2) is 9.97 Å². The molecule has 12 heteroatoms. The van der Waals surface area contributed by atoms with Crippen LogP contribution in [0.5, 0.6) is 0 Å². The lowest BCUT2D eigenvalue weighted by molar-refractivity contribution is -0.137. The number of alkyl halides is 3. The van der Waals surface area contributed by atoms with Gasteiger partial charge >= 0.3 is 6.18 Å². The molecule has 0 bridgehead atoms. The molecule has 0 aliphatic carbocycles. The molecule has 2 N–H and O–H groups in total. The smallest absolute Gasteiger partial charge is 0.351 e. The molecule has 3 aromatic rings. The highest BCUT2D eigenvalue weighted by Gasteiger charge is 2.35. The second kappa shape index (κ2) is 10.4. The van der Waals surface area contributed by atoms with Crippen molar-refractivity contribution >= 4 is 34.1 Å². The summed E-state index contributed by atoms with van der Waals surface area (Å²) < 4.78 is 69.3. The van der Waals surface area contributed by atoms with E-state index in [-0.39, 0.29) is 40.6 Å². The van der Waals surface area contributed by atoms with Crippen molar-refractivity contribution in [1.29, 1.82) is 0 Å². The number of rotatable bonds is 5. The van der Waals surface area contributed by atoms with Crippen LogP contribution in [0.4, 0.5) is 24.8 Å². The molecule has 1 fully saturated rings. The van der Waals surface area contributed by atoms with E-state index < -0.39 is 21.8 Å². The zero-order chi connectivity index (χ0) is 24.5. The molecule has 2 aromatic heterocycles. The number of aromatic nitrogens is 2. The summed E-state index contributed by atoms with van der Waals surface area (Å²) in [6.45, 7) is 5.84. The van der Waals surface area contributed by atoms with Gasteiger partial charge in [-0.3, -0.25) is 4.72 Å². The van der Waals surface area contributed by atoms with Crippen molar-refractivity contribution in [3.8, 4) is 11.3 Å². The molecule has 0 amide bonds. The first-order valence-electron chi connectivity index (χ1n) is 10.7. The largest absolute Gasteiger partial charge is 0.418 e. The SMILES string of the molecule is Cc1ccccc1-c1nc(NS(=O)(=O)c2cccc(N3CCNC[C@@H]3C)n2)ccc1C(F)(F)F.Cl. The number of hydrogen-bond acceptors (Lipinski definition) is 6. The number of piperazine rings is 1. The van der Waals surface area contributed by atoms with Gasteiger partial charge in [0.15, 0.2) is 5.03 Å². The summed E-state index contributed by atoms with van der Waals surface area (Å²) in [6.07, 6.45) is -4.65. The second-order valence-corrected chi connectivity index (χ2v) is 9.72. The van der Waals surface area contributed by atoms with Gasteiger partial charge in [-0.05, 0) is 43.7 Å². The first-order chi connectivity index (χ1) is 16.1. The van der Waals surface area contributed by atoms with Crippen LogP contribution in [0, 0.1) is 6.92 Å². The molecule has 0 spiro atoms. The first kappa shape index (κ1) is 26.7. The quantitative estimate of drug-likeness (QED) is 0.508. The normalized spacial score (nSPS) is 16.5. The van der Waals surface area contributed by atoms with Crippen molar-refractivity contribution in [3.63, 3.8) is 0 Å². The number of sulfonamides is 1. The summed E-state index contributed by atoms with van der Waals surface area (Å²) in [6, 6.07) is 13.1. The van der Waals surface area contributed by atoms with Gasteiger partial charge in [0, 0.05) is 31.2 Å². The van der Waals surface area contributed by atoms with Crippen molar-refractivity contribution in [2.24, 2.45) is 0 Å². The minimum atomic E-state index is -4.65. The number of nitrogens with one attached hydrogen (secondary N) is 2. The summed E-state index contributed by atoms with van der Waals surface area (Å²) >= 11 is 0. The summed E-state index contributed by atoms with van der Waals surface area (Å²) in [5.74, 6) is 0.284. The molecule has 1 atom stereocenters. The van der Waals surface area contributed by atoms with Gasteiger partial charge in [-0.2, -0.15) is 21.6 Å².